The summed E-state index contributed by atoms with van der Waals surface area (Å²) < 4.78 is 9.63. The molecule has 1 atom stereocenters. The van der Waals surface area contributed by atoms with Gasteiger partial charge < -0.3 is 14.9 Å². The number of carbonyl (C=O) groups is 1. The maximum Gasteiger partial charge on any atom is 0.307 e. The molecule has 4 heteroatoms. The molecule has 4 nitrogen and oxygen atoms in total. The fraction of sp³-hybridized carbons (Fsp3) is 0.444. The van der Waals surface area contributed by atoms with E-state index in [9.17, 15) is 4.79 Å². The first-order valence-corrected chi connectivity index (χ1v) is 4.01. The van der Waals surface area contributed by atoms with Gasteiger partial charge in [-0.05, 0) is 18.6 Å². The topological polar surface area (TPSA) is 65.5 Å². The van der Waals surface area contributed by atoms with Crippen molar-refractivity contribution in [1.82, 2.24) is 0 Å². The van der Waals surface area contributed by atoms with Crippen molar-refractivity contribution < 1.29 is 13.9 Å². The van der Waals surface area contributed by atoms with Gasteiger partial charge >= 0.3 is 5.97 Å². The highest BCUT2D eigenvalue weighted by Gasteiger charge is 2.14. The van der Waals surface area contributed by atoms with E-state index in [1.54, 1.807) is 6.26 Å². The van der Waals surface area contributed by atoms with E-state index >= 15 is 0 Å². The highest BCUT2D eigenvalue weighted by molar-refractivity contribution is 5.70. The van der Waals surface area contributed by atoms with Crippen molar-refractivity contribution in [2.45, 2.75) is 19.4 Å². The van der Waals surface area contributed by atoms with Crippen molar-refractivity contribution >= 4 is 5.97 Å². The van der Waals surface area contributed by atoms with Gasteiger partial charge in [0.15, 0.2) is 0 Å². The fourth-order valence-corrected chi connectivity index (χ4v) is 1.01. The molecule has 0 saturated heterocycles. The third-order valence-corrected chi connectivity index (χ3v) is 1.73. The Bertz CT molecular complexity index is 293. The molecule has 1 heterocycles. The molecule has 0 amide bonds. The van der Waals surface area contributed by atoms with Crippen LogP contribution in [-0.2, 0) is 9.53 Å². The Hall–Kier alpha value is -1.29. The molecule has 0 bridgehead atoms. The Balaban J connectivity index is 2.58. The Morgan fingerprint density at radius 3 is 2.92 bits per heavy atom. The maximum absolute atomic E-state index is 10.9. The zero-order chi connectivity index (χ0) is 9.84. The molecule has 0 fully saturated rings. The van der Waals surface area contributed by atoms with Crippen molar-refractivity contribution in [3.63, 3.8) is 0 Å². The quantitative estimate of drug-likeness (QED) is 0.714. The first-order chi connectivity index (χ1) is 6.13. The number of methoxy groups -OCH3 is 1. The van der Waals surface area contributed by atoms with Gasteiger partial charge in [-0.25, -0.2) is 0 Å². The predicted octanol–water partition coefficient (Wildman–Crippen LogP) is 1.15. The average molecular weight is 183 g/mol. The van der Waals surface area contributed by atoms with Crippen LogP contribution < -0.4 is 5.73 Å². The minimum atomic E-state index is -0.416. The zero-order valence-electron chi connectivity index (χ0n) is 7.74. The number of esters is 1. The van der Waals surface area contributed by atoms with Crippen LogP contribution in [0.2, 0.25) is 0 Å². The van der Waals surface area contributed by atoms with Gasteiger partial charge in [0.05, 0.1) is 25.8 Å². The minimum Gasteiger partial charge on any atom is -0.469 e. The van der Waals surface area contributed by atoms with Gasteiger partial charge in [0.25, 0.3) is 0 Å². The molecule has 1 rings (SSSR count). The van der Waals surface area contributed by atoms with Crippen molar-refractivity contribution in [2.75, 3.05) is 7.11 Å². The first-order valence-electron chi connectivity index (χ1n) is 4.01. The average Bonchev–Trinajstić information content (AvgIpc) is 2.51. The Kier molecular flexibility index (Phi) is 3.08. The molecule has 0 aliphatic heterocycles. The van der Waals surface area contributed by atoms with Crippen LogP contribution in [0.25, 0.3) is 0 Å². The lowest BCUT2D eigenvalue weighted by atomic mass is 10.1. The van der Waals surface area contributed by atoms with Gasteiger partial charge in [0, 0.05) is 0 Å². The number of hydrogen-bond donors (Lipinski definition) is 1. The van der Waals surface area contributed by atoms with E-state index in [1.165, 1.54) is 7.11 Å². The predicted molar refractivity (Wildman–Crippen MR) is 47.0 cm³/mol. The summed E-state index contributed by atoms with van der Waals surface area (Å²) in [6, 6.07) is 1.40. The lowest BCUT2D eigenvalue weighted by Crippen LogP contribution is -2.15. The molecular formula is C9H13NO3. The highest BCUT2D eigenvalue weighted by atomic mass is 16.5. The van der Waals surface area contributed by atoms with E-state index in [4.69, 9.17) is 10.2 Å². The van der Waals surface area contributed by atoms with Gasteiger partial charge in [-0.3, -0.25) is 4.79 Å². The Morgan fingerprint density at radius 2 is 2.46 bits per heavy atom. The molecule has 0 unspecified atom stereocenters. The van der Waals surface area contributed by atoms with Crippen LogP contribution in [0.15, 0.2) is 16.7 Å². The number of nitrogens with two attached hydrogens (primary N) is 1. The van der Waals surface area contributed by atoms with Gasteiger partial charge in [-0.2, -0.15) is 0 Å². The van der Waals surface area contributed by atoms with Crippen LogP contribution in [0.4, 0.5) is 0 Å². The van der Waals surface area contributed by atoms with Gasteiger partial charge in [0.2, 0.25) is 0 Å². The molecule has 0 aliphatic carbocycles. The summed E-state index contributed by atoms with van der Waals surface area (Å²) in [5, 5.41) is 0. The summed E-state index contributed by atoms with van der Waals surface area (Å²) in [5.74, 6) is 0.282. The van der Waals surface area contributed by atoms with E-state index in [0.29, 0.717) is 5.76 Å². The number of aryl methyl sites for hydroxylation is 1. The molecule has 0 spiro atoms. The van der Waals surface area contributed by atoms with Crippen LogP contribution >= 0.6 is 0 Å². The molecule has 72 valence electrons. The minimum absolute atomic E-state index is 0.142. The number of furan rings is 1. The lowest BCUT2D eigenvalue weighted by molar-refractivity contribution is -0.141. The molecule has 0 saturated carbocycles. The molecule has 2 N–H and O–H groups in total. The number of carbonyl (C=O) groups excluding carboxylic acids is 1. The highest BCUT2D eigenvalue weighted by Crippen LogP contribution is 2.16. The second-order valence-electron chi connectivity index (χ2n) is 2.91. The molecule has 13 heavy (non-hydrogen) atoms. The number of hydrogen-bond acceptors (Lipinski definition) is 4. The Labute approximate surface area is 76.7 Å². The number of rotatable bonds is 3. The second kappa shape index (κ2) is 4.09. The van der Waals surface area contributed by atoms with Crippen LogP contribution in [0.5, 0.6) is 0 Å². The van der Waals surface area contributed by atoms with E-state index < -0.39 is 6.04 Å². The van der Waals surface area contributed by atoms with Gasteiger partial charge in [-0.1, -0.05) is 0 Å². The Morgan fingerprint density at radius 1 is 1.77 bits per heavy atom. The first kappa shape index (κ1) is 9.80. The fourth-order valence-electron chi connectivity index (χ4n) is 1.01. The molecule has 0 aliphatic rings. The van der Waals surface area contributed by atoms with Crippen molar-refractivity contribution in [1.29, 1.82) is 0 Å². The summed E-state index contributed by atoms with van der Waals surface area (Å²) in [5.41, 5.74) is 6.69. The largest absolute Gasteiger partial charge is 0.469 e. The van der Waals surface area contributed by atoms with Crippen LogP contribution in [0, 0.1) is 6.92 Å². The summed E-state index contributed by atoms with van der Waals surface area (Å²) >= 11 is 0. The third kappa shape index (κ3) is 2.59. The molecule has 1 aromatic rings. The molecule has 1 aromatic heterocycles. The van der Waals surface area contributed by atoms with Gasteiger partial charge in [-0.15, -0.1) is 0 Å². The second-order valence-corrected chi connectivity index (χ2v) is 2.91. The van der Waals surface area contributed by atoms with Crippen LogP contribution in [0.3, 0.4) is 0 Å². The van der Waals surface area contributed by atoms with E-state index in [0.717, 1.165) is 5.56 Å². The SMILES string of the molecule is COC(=O)C[C@@H](N)c1cc(C)co1. The molecule has 0 radical (unpaired) electrons. The monoisotopic (exact) mass is 183 g/mol. The van der Waals surface area contributed by atoms with Crippen LogP contribution in [-0.4, -0.2) is 13.1 Å². The summed E-state index contributed by atoms with van der Waals surface area (Å²) in [6.45, 7) is 1.90. The maximum atomic E-state index is 10.9. The third-order valence-electron chi connectivity index (χ3n) is 1.73. The zero-order valence-corrected chi connectivity index (χ0v) is 7.74. The van der Waals surface area contributed by atoms with Gasteiger partial charge in [0.1, 0.15) is 5.76 Å². The van der Waals surface area contributed by atoms with Crippen molar-refractivity contribution in [3.05, 3.63) is 23.7 Å². The summed E-state index contributed by atoms with van der Waals surface area (Å²) in [4.78, 5) is 10.9. The van der Waals surface area contributed by atoms with E-state index in [-0.39, 0.29) is 12.4 Å². The lowest BCUT2D eigenvalue weighted by Gasteiger charge is -2.05. The standard InChI is InChI=1S/C9H13NO3/c1-6-3-8(13-5-6)7(10)4-9(11)12-2/h3,5,7H,4,10H2,1-2H3/t7-/m1/s1. The summed E-state index contributed by atoms with van der Waals surface area (Å²) in [6.07, 6.45) is 1.75. The van der Waals surface area contributed by atoms with E-state index in [2.05, 4.69) is 4.74 Å². The van der Waals surface area contributed by atoms with Crippen molar-refractivity contribution in [3.8, 4) is 0 Å². The number of ether oxygens (including phenoxy) is 1. The van der Waals surface area contributed by atoms with E-state index in [1.807, 2.05) is 13.0 Å². The molecular weight excluding hydrogens is 170 g/mol. The summed E-state index contributed by atoms with van der Waals surface area (Å²) in [7, 11) is 1.34. The normalized spacial score (nSPS) is 12.5. The molecule has 0 aromatic carbocycles. The van der Waals surface area contributed by atoms with Crippen LogP contribution in [0.1, 0.15) is 23.8 Å². The smallest absolute Gasteiger partial charge is 0.307 e. The van der Waals surface area contributed by atoms with Crippen molar-refractivity contribution in [2.24, 2.45) is 5.73 Å².